The maximum absolute atomic E-state index is 13.9. The second-order valence-electron chi connectivity index (χ2n) is 11.3. The van der Waals surface area contributed by atoms with Gasteiger partial charge in [-0.2, -0.15) is 13.2 Å². The highest BCUT2D eigenvalue weighted by Crippen LogP contribution is 2.35. The van der Waals surface area contributed by atoms with E-state index in [1.807, 2.05) is 24.3 Å². The molecule has 5 rings (SSSR count). The molecule has 1 aliphatic rings. The van der Waals surface area contributed by atoms with E-state index in [0.29, 0.717) is 27.9 Å². The van der Waals surface area contributed by atoms with Crippen molar-refractivity contribution in [1.82, 2.24) is 5.32 Å². The van der Waals surface area contributed by atoms with Crippen LogP contribution in [0.4, 0.5) is 29.3 Å². The smallest absolute Gasteiger partial charge is 0.416 e. The van der Waals surface area contributed by atoms with Gasteiger partial charge in [-0.3, -0.25) is 14.5 Å². The number of rotatable bonds is 10. The van der Waals surface area contributed by atoms with Crippen LogP contribution < -0.4 is 15.5 Å². The van der Waals surface area contributed by atoms with Gasteiger partial charge < -0.3 is 15.7 Å². The van der Waals surface area contributed by atoms with Gasteiger partial charge in [0.2, 0.25) is 0 Å². The summed E-state index contributed by atoms with van der Waals surface area (Å²) in [7, 11) is 0. The Bertz CT molecular complexity index is 1750. The van der Waals surface area contributed by atoms with Gasteiger partial charge in [-0.1, -0.05) is 60.7 Å². The van der Waals surface area contributed by atoms with E-state index >= 15 is 0 Å². The van der Waals surface area contributed by atoms with Gasteiger partial charge in [0.15, 0.2) is 0 Å². The molecule has 0 spiro atoms. The Balaban J connectivity index is 1.43. The predicted octanol–water partition coefficient (Wildman–Crippen LogP) is 8.77. The van der Waals surface area contributed by atoms with Gasteiger partial charge in [-0.15, -0.1) is 0 Å². The van der Waals surface area contributed by atoms with Crippen LogP contribution in [0.2, 0.25) is 0 Å². The lowest BCUT2D eigenvalue weighted by atomic mass is 9.93. The second kappa shape index (κ2) is 14.8. The van der Waals surface area contributed by atoms with Gasteiger partial charge in [-0.05, 0) is 96.0 Å². The fourth-order valence-electron chi connectivity index (χ4n) is 5.42. The quantitative estimate of drug-likeness (QED) is 0.161. The molecule has 47 heavy (non-hydrogen) atoms. The first-order chi connectivity index (χ1) is 22.6. The van der Waals surface area contributed by atoms with E-state index in [0.717, 1.165) is 43.4 Å². The van der Waals surface area contributed by atoms with Gasteiger partial charge in [0.05, 0.1) is 18.5 Å². The Labute approximate surface area is 270 Å². The third-order valence-electron chi connectivity index (χ3n) is 7.89. The molecule has 0 aliphatic heterocycles. The minimum atomic E-state index is -4.63. The molecule has 4 aromatic carbocycles. The Morgan fingerprint density at radius 3 is 2.17 bits per heavy atom. The normalized spacial score (nSPS) is 13.0. The highest BCUT2D eigenvalue weighted by Gasteiger charge is 2.32. The lowest BCUT2D eigenvalue weighted by Crippen LogP contribution is -2.34. The van der Waals surface area contributed by atoms with Crippen LogP contribution >= 0.6 is 0 Å². The summed E-state index contributed by atoms with van der Waals surface area (Å²) in [4.78, 5) is 38.5. The summed E-state index contributed by atoms with van der Waals surface area (Å²) in [6.45, 7) is 0.0393. The third kappa shape index (κ3) is 8.88. The van der Waals surface area contributed by atoms with E-state index in [-0.39, 0.29) is 25.2 Å². The van der Waals surface area contributed by atoms with Crippen molar-refractivity contribution in [1.29, 1.82) is 0 Å². The summed E-state index contributed by atoms with van der Waals surface area (Å²) >= 11 is 0. The zero-order chi connectivity index (χ0) is 33.4. The lowest BCUT2D eigenvalue weighted by Gasteiger charge is -2.25. The molecule has 7 nitrogen and oxygen atoms in total. The number of halogens is 3. The number of carboxylic acids is 1. The van der Waals surface area contributed by atoms with Crippen LogP contribution in [0.3, 0.4) is 0 Å². The summed E-state index contributed by atoms with van der Waals surface area (Å²) in [5.41, 5.74) is 3.80. The molecule has 1 aliphatic carbocycles. The highest BCUT2D eigenvalue weighted by atomic mass is 19.4. The summed E-state index contributed by atoms with van der Waals surface area (Å²) in [5, 5.41) is 14.0. The van der Waals surface area contributed by atoms with Crippen LogP contribution in [0.5, 0.6) is 0 Å². The Morgan fingerprint density at radius 1 is 0.809 bits per heavy atom. The molecule has 0 saturated carbocycles. The number of carbonyl (C=O) groups is 3. The van der Waals surface area contributed by atoms with Gasteiger partial charge >= 0.3 is 18.2 Å². The summed E-state index contributed by atoms with van der Waals surface area (Å²) in [6, 6.07) is 25.5. The largest absolute Gasteiger partial charge is 0.481 e. The zero-order valence-corrected chi connectivity index (χ0v) is 25.5. The fourth-order valence-corrected chi connectivity index (χ4v) is 5.42. The number of amides is 3. The highest BCUT2D eigenvalue weighted by molar-refractivity contribution is 6.02. The summed E-state index contributed by atoms with van der Waals surface area (Å²) in [6.07, 6.45) is 1.63. The number of benzene rings is 4. The molecular formula is C37H34F3N3O4. The van der Waals surface area contributed by atoms with Crippen LogP contribution in [0.25, 0.3) is 16.7 Å². The molecule has 10 heteroatoms. The van der Waals surface area contributed by atoms with Crippen molar-refractivity contribution in [3.8, 4) is 11.1 Å². The van der Waals surface area contributed by atoms with E-state index in [2.05, 4.69) is 16.7 Å². The number of carbonyl (C=O) groups excluding carboxylic acids is 2. The molecule has 0 unspecified atom stereocenters. The number of carboxylic acid groups (broad SMARTS) is 1. The van der Waals surface area contributed by atoms with Gasteiger partial charge in [0.25, 0.3) is 5.91 Å². The van der Waals surface area contributed by atoms with E-state index in [1.54, 1.807) is 54.6 Å². The molecule has 3 amide bonds. The van der Waals surface area contributed by atoms with Crippen molar-refractivity contribution in [2.75, 3.05) is 16.8 Å². The summed E-state index contributed by atoms with van der Waals surface area (Å²) < 4.78 is 41.7. The number of allylic oxidation sites excluding steroid dienone is 2. The number of hydrogen-bond acceptors (Lipinski definition) is 3. The average Bonchev–Trinajstić information content (AvgIpc) is 3.07. The first-order valence-corrected chi connectivity index (χ1v) is 15.3. The molecule has 242 valence electrons. The van der Waals surface area contributed by atoms with E-state index in [4.69, 9.17) is 5.11 Å². The second-order valence-corrected chi connectivity index (χ2v) is 11.3. The van der Waals surface area contributed by atoms with Crippen LogP contribution in [-0.2, 0) is 17.5 Å². The molecule has 0 aromatic heterocycles. The van der Waals surface area contributed by atoms with Crippen molar-refractivity contribution in [2.24, 2.45) is 0 Å². The molecule has 0 atom stereocenters. The fraction of sp³-hybridized carbons (Fsp3) is 0.216. The van der Waals surface area contributed by atoms with Crippen molar-refractivity contribution in [3.63, 3.8) is 0 Å². The Kier molecular flexibility index (Phi) is 10.4. The first-order valence-electron chi connectivity index (χ1n) is 15.3. The molecule has 0 heterocycles. The Morgan fingerprint density at radius 2 is 1.53 bits per heavy atom. The number of hydrogen-bond donors (Lipinski definition) is 3. The number of aliphatic carboxylic acids is 1. The van der Waals surface area contributed by atoms with Gasteiger partial charge in [-0.25, -0.2) is 4.79 Å². The maximum atomic E-state index is 13.9. The number of anilines is 2. The summed E-state index contributed by atoms with van der Waals surface area (Å²) in [5.74, 6) is -1.46. The molecule has 0 bridgehead atoms. The Hall–Kier alpha value is -5.38. The standard InChI is InChI=1S/C37H34F3N3O4/c38-37(39,40)31-21-30(27-9-5-2-6-10-27)22-32(23-31)42-36(47)43(33-17-15-28(16-18-33)26-7-3-1-4-8-26)24-25-11-13-29(14-12-25)35(46)41-20-19-34(44)45/h2,5-7,9-18,21-23H,1,3-4,8,19-20,24H2,(H,41,46)(H,42,47)(H,44,45). The third-order valence-corrected chi connectivity index (χ3v) is 7.89. The van der Waals surface area contributed by atoms with Crippen LogP contribution in [0.15, 0.2) is 103 Å². The van der Waals surface area contributed by atoms with Crippen molar-refractivity contribution in [2.45, 2.75) is 44.8 Å². The van der Waals surface area contributed by atoms with E-state index < -0.39 is 29.6 Å². The van der Waals surface area contributed by atoms with Crippen molar-refractivity contribution in [3.05, 3.63) is 125 Å². The predicted molar refractivity (Wildman–Crippen MR) is 176 cm³/mol. The lowest BCUT2D eigenvalue weighted by molar-refractivity contribution is -0.138. The molecule has 0 saturated heterocycles. The molecule has 0 fully saturated rings. The van der Waals surface area contributed by atoms with Gasteiger partial charge in [0, 0.05) is 23.5 Å². The minimum absolute atomic E-state index is 0.00830. The zero-order valence-electron chi connectivity index (χ0n) is 25.5. The molecule has 4 aromatic rings. The molecule has 3 N–H and O–H groups in total. The number of nitrogens with zero attached hydrogens (tertiary/aromatic N) is 1. The monoisotopic (exact) mass is 641 g/mol. The van der Waals surface area contributed by atoms with E-state index in [1.165, 1.54) is 16.5 Å². The van der Waals surface area contributed by atoms with Crippen molar-refractivity contribution >= 4 is 34.9 Å². The number of urea groups is 1. The molecule has 0 radical (unpaired) electrons. The number of nitrogens with one attached hydrogen (secondary N) is 2. The van der Waals surface area contributed by atoms with E-state index in [9.17, 15) is 27.6 Å². The van der Waals surface area contributed by atoms with Crippen LogP contribution in [0, 0.1) is 0 Å². The van der Waals surface area contributed by atoms with Gasteiger partial charge in [0.1, 0.15) is 0 Å². The number of alkyl halides is 3. The first kappa shape index (κ1) is 33.0. The van der Waals surface area contributed by atoms with Crippen molar-refractivity contribution < 1.29 is 32.7 Å². The van der Waals surface area contributed by atoms with Crippen LogP contribution in [0.1, 0.15) is 59.2 Å². The topological polar surface area (TPSA) is 98.7 Å². The maximum Gasteiger partial charge on any atom is 0.416 e. The molecular weight excluding hydrogens is 607 g/mol. The SMILES string of the molecule is O=C(O)CCNC(=O)c1ccc(CN(C(=O)Nc2cc(-c3ccccc3)cc(C(F)(F)F)c2)c2ccc(C3=CCCCC3)cc2)cc1. The average molecular weight is 642 g/mol. The van der Waals surface area contributed by atoms with Crippen LogP contribution in [-0.4, -0.2) is 29.6 Å². The minimum Gasteiger partial charge on any atom is -0.481 e.